The second-order valence-corrected chi connectivity index (χ2v) is 6.40. The van der Waals surface area contributed by atoms with Gasteiger partial charge in [-0.15, -0.1) is 11.3 Å². The van der Waals surface area contributed by atoms with Crippen LogP contribution in [-0.4, -0.2) is 10.9 Å². The zero-order valence-corrected chi connectivity index (χ0v) is 12.5. The molecule has 1 N–H and O–H groups in total. The molecule has 0 bridgehead atoms. The Hall–Kier alpha value is -1.94. The molecule has 3 nitrogen and oxygen atoms in total. The van der Waals surface area contributed by atoms with Crippen LogP contribution in [0.2, 0.25) is 0 Å². The lowest BCUT2D eigenvalue weighted by Crippen LogP contribution is -2.03. The lowest BCUT2D eigenvalue weighted by molar-refractivity contribution is -0.110. The molecule has 0 saturated heterocycles. The van der Waals surface area contributed by atoms with Gasteiger partial charge in [0.25, 0.3) is 5.91 Å². The van der Waals surface area contributed by atoms with Crippen LogP contribution in [0.1, 0.15) is 40.6 Å². The predicted molar refractivity (Wildman–Crippen MR) is 83.9 cm³/mol. The number of nitrogens with one attached hydrogen (secondary N) is 1. The minimum absolute atomic E-state index is 0.0508. The van der Waals surface area contributed by atoms with Gasteiger partial charge in [0, 0.05) is 21.5 Å². The van der Waals surface area contributed by atoms with Gasteiger partial charge in [0.2, 0.25) is 0 Å². The summed E-state index contributed by atoms with van der Waals surface area (Å²) in [7, 11) is 0. The summed E-state index contributed by atoms with van der Waals surface area (Å²) in [4.78, 5) is 18.6. The molecule has 3 rings (SSSR count). The van der Waals surface area contributed by atoms with Crippen LogP contribution < -0.4 is 5.32 Å². The summed E-state index contributed by atoms with van der Waals surface area (Å²) in [5.74, 6) is 0.464. The third kappa shape index (κ3) is 2.16. The number of aromatic nitrogens is 1. The van der Waals surface area contributed by atoms with Gasteiger partial charge in [-0.25, -0.2) is 0 Å². The van der Waals surface area contributed by atoms with E-state index in [4.69, 9.17) is 0 Å². The highest BCUT2D eigenvalue weighted by atomic mass is 32.1. The molecule has 102 valence electrons. The molecule has 0 radical (unpaired) electrons. The molecule has 0 fully saturated rings. The molecule has 0 aliphatic carbocycles. The molecule has 1 amide bonds. The van der Waals surface area contributed by atoms with Gasteiger partial charge in [-0.05, 0) is 36.6 Å². The summed E-state index contributed by atoms with van der Waals surface area (Å²) in [5.41, 5.74) is 3.74. The molecule has 1 aliphatic rings. The van der Waals surface area contributed by atoms with E-state index in [2.05, 4.69) is 37.1 Å². The van der Waals surface area contributed by atoms with E-state index >= 15 is 0 Å². The van der Waals surface area contributed by atoms with E-state index in [0.717, 1.165) is 21.7 Å². The van der Waals surface area contributed by atoms with Crippen molar-refractivity contribution in [2.24, 2.45) is 0 Å². The van der Waals surface area contributed by atoms with E-state index in [-0.39, 0.29) is 5.91 Å². The van der Waals surface area contributed by atoms with Crippen molar-refractivity contribution in [2.45, 2.75) is 26.7 Å². The molecule has 0 unspecified atom stereocenters. The predicted octanol–water partition coefficient (Wildman–Crippen LogP) is 4.07. The Morgan fingerprint density at radius 3 is 2.90 bits per heavy atom. The number of nitrogens with zero attached hydrogens (tertiary/aromatic N) is 1. The molecule has 3 heterocycles. The van der Waals surface area contributed by atoms with E-state index < -0.39 is 0 Å². The number of fused-ring (bicyclic) bond motifs is 1. The monoisotopic (exact) mass is 284 g/mol. The van der Waals surface area contributed by atoms with Crippen LogP contribution >= 0.6 is 11.3 Å². The number of rotatable bonds is 2. The summed E-state index contributed by atoms with van der Waals surface area (Å²) in [5, 5.41) is 2.85. The van der Waals surface area contributed by atoms with Crippen molar-refractivity contribution in [3.63, 3.8) is 0 Å². The molecule has 4 heteroatoms. The lowest BCUT2D eigenvalue weighted by Gasteiger charge is -2.00. The summed E-state index contributed by atoms with van der Waals surface area (Å²) in [6, 6.07) is 4.03. The third-order valence-electron chi connectivity index (χ3n) is 3.39. The minimum atomic E-state index is -0.0508. The van der Waals surface area contributed by atoms with E-state index in [1.807, 2.05) is 12.1 Å². The van der Waals surface area contributed by atoms with E-state index in [9.17, 15) is 4.79 Å². The van der Waals surface area contributed by atoms with Gasteiger partial charge in [-0.1, -0.05) is 13.8 Å². The van der Waals surface area contributed by atoms with Gasteiger partial charge >= 0.3 is 0 Å². The Balaban J connectivity index is 2.05. The number of thiophene rings is 1. The van der Waals surface area contributed by atoms with E-state index in [1.54, 1.807) is 23.7 Å². The summed E-state index contributed by atoms with van der Waals surface area (Å²) in [6.45, 7) is 6.51. The largest absolute Gasteiger partial charge is 0.320 e. The summed E-state index contributed by atoms with van der Waals surface area (Å²) < 4.78 is 0. The first-order valence-electron chi connectivity index (χ1n) is 6.64. The van der Waals surface area contributed by atoms with Gasteiger partial charge in [0.1, 0.15) is 0 Å². The van der Waals surface area contributed by atoms with Crippen LogP contribution in [0.3, 0.4) is 0 Å². The first-order chi connectivity index (χ1) is 9.56. The quantitative estimate of drug-likeness (QED) is 0.845. The van der Waals surface area contributed by atoms with Gasteiger partial charge < -0.3 is 5.32 Å². The number of hydrogen-bond donors (Lipinski definition) is 1. The Kier molecular flexibility index (Phi) is 3.18. The Morgan fingerprint density at radius 2 is 2.20 bits per heavy atom. The standard InChI is InChI=1S/C16H16N2OS/c1-9(2)15-10(3)6-11(20-15)7-13-12-4-5-17-8-14(12)18-16(13)19/h4-9H,1-3H3,(H,18,19). The maximum absolute atomic E-state index is 12.1. The smallest absolute Gasteiger partial charge is 0.256 e. The minimum Gasteiger partial charge on any atom is -0.320 e. The Bertz CT molecular complexity index is 713. The first-order valence-corrected chi connectivity index (χ1v) is 7.45. The summed E-state index contributed by atoms with van der Waals surface area (Å²) >= 11 is 1.76. The first kappa shape index (κ1) is 13.1. The number of carbonyl (C=O) groups is 1. The van der Waals surface area contributed by atoms with Crippen LogP contribution in [0.25, 0.3) is 11.6 Å². The highest BCUT2D eigenvalue weighted by Gasteiger charge is 2.24. The van der Waals surface area contributed by atoms with Crippen molar-refractivity contribution in [3.8, 4) is 0 Å². The number of anilines is 1. The van der Waals surface area contributed by atoms with E-state index in [1.165, 1.54) is 10.4 Å². The topological polar surface area (TPSA) is 42.0 Å². The van der Waals surface area contributed by atoms with Gasteiger partial charge in [0.15, 0.2) is 0 Å². The molecule has 0 saturated carbocycles. The van der Waals surface area contributed by atoms with Crippen molar-refractivity contribution in [2.75, 3.05) is 5.32 Å². The van der Waals surface area contributed by atoms with Gasteiger partial charge in [-0.2, -0.15) is 0 Å². The number of pyridine rings is 1. The zero-order valence-electron chi connectivity index (χ0n) is 11.7. The molecular formula is C16H16N2OS. The van der Waals surface area contributed by atoms with Crippen LogP contribution in [0.5, 0.6) is 0 Å². The molecule has 2 aromatic rings. The fraction of sp³-hybridized carbons (Fsp3) is 0.250. The van der Waals surface area contributed by atoms with Gasteiger partial charge in [-0.3, -0.25) is 9.78 Å². The van der Waals surface area contributed by atoms with Crippen molar-refractivity contribution >= 4 is 34.6 Å². The lowest BCUT2D eigenvalue weighted by atomic mass is 10.1. The van der Waals surface area contributed by atoms with Crippen LogP contribution in [0.15, 0.2) is 24.5 Å². The molecule has 0 atom stereocenters. The number of aryl methyl sites for hydroxylation is 1. The SMILES string of the molecule is Cc1cc(C=C2C(=O)Nc3cnccc32)sc1C(C)C. The van der Waals surface area contributed by atoms with Crippen molar-refractivity contribution in [1.29, 1.82) is 0 Å². The molecular weight excluding hydrogens is 268 g/mol. The third-order valence-corrected chi connectivity index (χ3v) is 4.87. The van der Waals surface area contributed by atoms with Crippen molar-refractivity contribution in [3.05, 3.63) is 45.4 Å². The number of hydrogen-bond acceptors (Lipinski definition) is 3. The molecule has 1 aliphatic heterocycles. The summed E-state index contributed by atoms with van der Waals surface area (Å²) in [6.07, 6.45) is 5.38. The molecule has 20 heavy (non-hydrogen) atoms. The van der Waals surface area contributed by atoms with Crippen molar-refractivity contribution < 1.29 is 4.79 Å². The van der Waals surface area contributed by atoms with Crippen LogP contribution in [0, 0.1) is 6.92 Å². The average Bonchev–Trinajstić information content (AvgIpc) is 2.92. The Morgan fingerprint density at radius 1 is 1.40 bits per heavy atom. The highest BCUT2D eigenvalue weighted by molar-refractivity contribution is 7.13. The van der Waals surface area contributed by atoms with Gasteiger partial charge in [0.05, 0.1) is 17.5 Å². The Labute approximate surface area is 122 Å². The maximum Gasteiger partial charge on any atom is 0.256 e. The zero-order chi connectivity index (χ0) is 14.3. The fourth-order valence-electron chi connectivity index (χ4n) is 2.49. The number of carbonyl (C=O) groups excluding carboxylic acids is 1. The highest BCUT2D eigenvalue weighted by Crippen LogP contribution is 2.35. The molecule has 2 aromatic heterocycles. The maximum atomic E-state index is 12.1. The van der Waals surface area contributed by atoms with Crippen LogP contribution in [-0.2, 0) is 4.79 Å². The van der Waals surface area contributed by atoms with Crippen LogP contribution in [0.4, 0.5) is 5.69 Å². The number of amides is 1. The second kappa shape index (κ2) is 4.87. The van der Waals surface area contributed by atoms with Crippen molar-refractivity contribution in [1.82, 2.24) is 4.98 Å². The average molecular weight is 284 g/mol. The molecule has 0 aromatic carbocycles. The molecule has 0 spiro atoms. The second-order valence-electron chi connectivity index (χ2n) is 5.28. The fourth-order valence-corrected chi connectivity index (χ4v) is 3.61. The van der Waals surface area contributed by atoms with E-state index in [0.29, 0.717) is 5.92 Å². The normalized spacial score (nSPS) is 15.8.